The molecule has 1 aromatic carbocycles. The number of carbonyl (C=O) groups excluding carboxylic acids is 3. The molecule has 7 heteroatoms. The third-order valence-electron chi connectivity index (χ3n) is 4.67. The first-order valence-corrected chi connectivity index (χ1v) is 9.08. The van der Waals surface area contributed by atoms with Gasteiger partial charge in [-0.05, 0) is 37.5 Å². The van der Waals surface area contributed by atoms with E-state index in [0.29, 0.717) is 17.7 Å². The second-order valence-corrected chi connectivity index (χ2v) is 7.76. The van der Waals surface area contributed by atoms with Gasteiger partial charge in [0.2, 0.25) is 5.91 Å². The van der Waals surface area contributed by atoms with Crippen molar-refractivity contribution in [3.8, 4) is 0 Å². The number of aryl methyl sites for hydroxylation is 1. The maximum atomic E-state index is 12.4. The van der Waals surface area contributed by atoms with Crippen LogP contribution in [0.15, 0.2) is 24.3 Å². The number of hydrogen-bond acceptors (Lipinski definition) is 4. The van der Waals surface area contributed by atoms with Gasteiger partial charge in [0.1, 0.15) is 6.04 Å². The van der Waals surface area contributed by atoms with Crippen LogP contribution in [0.3, 0.4) is 0 Å². The molecule has 2 saturated heterocycles. The van der Waals surface area contributed by atoms with E-state index in [9.17, 15) is 14.4 Å². The van der Waals surface area contributed by atoms with Crippen molar-refractivity contribution in [2.24, 2.45) is 0 Å². The minimum Gasteiger partial charge on any atom is -0.315 e. The summed E-state index contributed by atoms with van der Waals surface area (Å²) in [5.41, 5.74) is 6.52. The van der Waals surface area contributed by atoms with Gasteiger partial charge in [-0.25, -0.2) is 0 Å². The highest BCUT2D eigenvalue weighted by Gasteiger charge is 2.52. The van der Waals surface area contributed by atoms with Crippen LogP contribution in [0.1, 0.15) is 42.6 Å². The number of hydrogen-bond donors (Lipinski definition) is 2. The Kier molecular flexibility index (Phi) is 4.54. The highest BCUT2D eigenvalue weighted by Crippen LogP contribution is 2.47. The molecule has 2 aliphatic rings. The zero-order valence-corrected chi connectivity index (χ0v) is 14.6. The summed E-state index contributed by atoms with van der Waals surface area (Å²) in [6.07, 6.45) is 2.14. The third-order valence-corrected chi connectivity index (χ3v) is 6.18. The Morgan fingerprint density at radius 2 is 2.00 bits per heavy atom. The molecule has 3 amide bonds. The molecule has 2 fully saturated rings. The molecule has 2 N–H and O–H groups in total. The number of nitrogens with zero attached hydrogens (tertiary/aromatic N) is 1. The summed E-state index contributed by atoms with van der Waals surface area (Å²) in [7, 11) is 0. The normalized spacial score (nSPS) is 25.5. The van der Waals surface area contributed by atoms with E-state index in [2.05, 4.69) is 10.9 Å². The van der Waals surface area contributed by atoms with Crippen molar-refractivity contribution in [3.63, 3.8) is 0 Å². The van der Waals surface area contributed by atoms with Gasteiger partial charge >= 0.3 is 0 Å². The largest absolute Gasteiger partial charge is 0.315 e. The van der Waals surface area contributed by atoms with Crippen LogP contribution in [0.25, 0.3) is 0 Å². The van der Waals surface area contributed by atoms with Gasteiger partial charge in [-0.2, -0.15) is 0 Å². The monoisotopic (exact) mass is 347 g/mol. The van der Waals surface area contributed by atoms with Crippen LogP contribution in [0, 0.1) is 0 Å². The molecule has 6 nitrogen and oxygen atoms in total. The summed E-state index contributed by atoms with van der Waals surface area (Å²) >= 11 is 1.62. The van der Waals surface area contributed by atoms with Crippen molar-refractivity contribution in [3.05, 3.63) is 35.4 Å². The summed E-state index contributed by atoms with van der Waals surface area (Å²) in [6.45, 7) is 4.03. The Morgan fingerprint density at radius 3 is 2.67 bits per heavy atom. The average molecular weight is 347 g/mol. The molecular weight excluding hydrogens is 326 g/mol. The van der Waals surface area contributed by atoms with Gasteiger partial charge in [-0.1, -0.05) is 19.1 Å². The minimum atomic E-state index is -0.530. The molecular formula is C17H21N3O3S. The number of rotatable bonds is 3. The Balaban J connectivity index is 1.59. The number of fused-ring (bicyclic) bond motifs is 1. The molecule has 24 heavy (non-hydrogen) atoms. The maximum absolute atomic E-state index is 12.4. The lowest BCUT2D eigenvalue weighted by Gasteiger charge is -2.29. The number of nitrogens with one attached hydrogen (secondary N) is 2. The fraction of sp³-hybridized carbons (Fsp3) is 0.471. The van der Waals surface area contributed by atoms with Gasteiger partial charge in [-0.3, -0.25) is 25.2 Å². The van der Waals surface area contributed by atoms with Crippen molar-refractivity contribution >= 4 is 29.5 Å². The molecule has 128 valence electrons. The predicted molar refractivity (Wildman–Crippen MR) is 92.2 cm³/mol. The van der Waals surface area contributed by atoms with Crippen LogP contribution in [0.4, 0.5) is 0 Å². The molecule has 2 heterocycles. The van der Waals surface area contributed by atoms with Crippen LogP contribution >= 0.6 is 11.8 Å². The molecule has 2 atom stereocenters. The maximum Gasteiger partial charge on any atom is 0.269 e. The number of thioether (sulfide) groups is 1. The third kappa shape index (κ3) is 3.00. The predicted octanol–water partition coefficient (Wildman–Crippen LogP) is 1.46. The highest BCUT2D eigenvalue weighted by atomic mass is 32.2. The molecule has 0 aromatic heterocycles. The van der Waals surface area contributed by atoms with E-state index in [1.54, 1.807) is 28.8 Å². The fourth-order valence-corrected chi connectivity index (χ4v) is 4.61. The van der Waals surface area contributed by atoms with Crippen molar-refractivity contribution in [1.82, 2.24) is 15.8 Å². The smallest absolute Gasteiger partial charge is 0.269 e. The molecule has 0 bridgehead atoms. The molecule has 0 spiro atoms. The summed E-state index contributed by atoms with van der Waals surface area (Å²) in [6, 6.07) is 6.70. The minimum absolute atomic E-state index is 0.00382. The lowest BCUT2D eigenvalue weighted by Crippen LogP contribution is -2.54. The van der Waals surface area contributed by atoms with E-state index in [4.69, 9.17) is 0 Å². The van der Waals surface area contributed by atoms with Crippen LogP contribution < -0.4 is 10.9 Å². The Hall–Kier alpha value is -2.02. The van der Waals surface area contributed by atoms with E-state index in [1.165, 1.54) is 0 Å². The van der Waals surface area contributed by atoms with E-state index in [-0.39, 0.29) is 22.6 Å². The van der Waals surface area contributed by atoms with Gasteiger partial charge in [0.15, 0.2) is 0 Å². The quantitative estimate of drug-likeness (QED) is 0.812. The molecule has 2 aliphatic heterocycles. The summed E-state index contributed by atoms with van der Waals surface area (Å²) in [5, 5.41) is 0. The fourth-order valence-electron chi connectivity index (χ4n) is 3.18. The van der Waals surface area contributed by atoms with E-state index >= 15 is 0 Å². The highest BCUT2D eigenvalue weighted by molar-refractivity contribution is 8.01. The number of benzene rings is 1. The second-order valence-electron chi connectivity index (χ2n) is 6.26. The molecule has 0 radical (unpaired) electrons. The van der Waals surface area contributed by atoms with Gasteiger partial charge in [0, 0.05) is 17.7 Å². The Morgan fingerprint density at radius 1 is 1.29 bits per heavy atom. The van der Waals surface area contributed by atoms with Crippen molar-refractivity contribution in [2.45, 2.75) is 44.0 Å². The summed E-state index contributed by atoms with van der Waals surface area (Å²) in [5.74, 6) is -0.161. The molecule has 1 aromatic rings. The van der Waals surface area contributed by atoms with Gasteiger partial charge in [-0.15, -0.1) is 11.8 Å². The first-order chi connectivity index (χ1) is 11.4. The van der Waals surface area contributed by atoms with Gasteiger partial charge < -0.3 is 4.90 Å². The Bertz CT molecular complexity index is 676. The first-order valence-electron chi connectivity index (χ1n) is 8.10. The van der Waals surface area contributed by atoms with Crippen molar-refractivity contribution in [2.75, 3.05) is 5.75 Å². The van der Waals surface area contributed by atoms with Crippen molar-refractivity contribution < 1.29 is 14.4 Å². The van der Waals surface area contributed by atoms with Crippen LogP contribution in [0.5, 0.6) is 0 Å². The lowest BCUT2D eigenvalue weighted by atomic mass is 10.1. The molecule has 0 unspecified atom stereocenters. The van der Waals surface area contributed by atoms with E-state index in [1.807, 2.05) is 26.0 Å². The topological polar surface area (TPSA) is 78.5 Å². The van der Waals surface area contributed by atoms with Crippen LogP contribution in [-0.4, -0.2) is 39.3 Å². The summed E-state index contributed by atoms with van der Waals surface area (Å²) < 4.78 is 0. The zero-order valence-electron chi connectivity index (χ0n) is 13.8. The van der Waals surface area contributed by atoms with E-state index < -0.39 is 6.04 Å². The SMILES string of the molecule is CCc1ccc(C(=O)NNC(=O)[C@H]2CS[C@@]3(C)CCC(=O)N23)cc1. The van der Waals surface area contributed by atoms with E-state index in [0.717, 1.165) is 18.4 Å². The van der Waals surface area contributed by atoms with Crippen LogP contribution in [0.2, 0.25) is 0 Å². The number of hydrazine groups is 1. The number of amides is 3. The zero-order chi connectivity index (χ0) is 17.3. The van der Waals surface area contributed by atoms with Crippen LogP contribution in [-0.2, 0) is 16.0 Å². The molecule has 3 rings (SSSR count). The summed E-state index contributed by atoms with van der Waals surface area (Å²) in [4.78, 5) is 37.9. The lowest BCUT2D eigenvalue weighted by molar-refractivity contribution is -0.138. The Labute approximate surface area is 145 Å². The van der Waals surface area contributed by atoms with Crippen molar-refractivity contribution in [1.29, 1.82) is 0 Å². The standard InChI is InChI=1S/C17H21N3O3S/c1-3-11-4-6-12(7-5-11)15(22)18-19-16(23)13-10-24-17(2)9-8-14(21)20(13)17/h4-7,13H,3,8-10H2,1-2H3,(H,18,22)(H,19,23)/t13-,17+/m1/s1. The number of carbonyl (C=O) groups is 3. The van der Waals surface area contributed by atoms with Gasteiger partial charge in [0.25, 0.3) is 11.8 Å². The first kappa shape index (κ1) is 16.8. The molecule has 0 aliphatic carbocycles. The average Bonchev–Trinajstić information content (AvgIpc) is 3.09. The molecule has 0 saturated carbocycles. The van der Waals surface area contributed by atoms with Gasteiger partial charge in [0.05, 0.1) is 4.87 Å². The second kappa shape index (κ2) is 6.47.